The fourth-order valence-electron chi connectivity index (χ4n) is 5.80. The van der Waals surface area contributed by atoms with Crippen LogP contribution in [0.3, 0.4) is 0 Å². The van der Waals surface area contributed by atoms with Gasteiger partial charge in [0, 0.05) is 43.0 Å². The zero-order chi connectivity index (χ0) is 35.1. The van der Waals surface area contributed by atoms with Crippen molar-refractivity contribution in [2.75, 3.05) is 50.9 Å². The molecule has 0 saturated carbocycles. The molecule has 264 valence electrons. The minimum Gasteiger partial charge on any atom is -0.480 e. The minimum absolute atomic E-state index is 0.267. The Labute approximate surface area is 294 Å². The molecule has 10 nitrogen and oxygen atoms in total. The first kappa shape index (κ1) is 36.4. The number of nitrogens with one attached hydrogen (secondary N) is 3. The maximum atomic E-state index is 14.8. The number of amides is 3. The lowest BCUT2D eigenvalue weighted by molar-refractivity contribution is -0.125. The van der Waals surface area contributed by atoms with Gasteiger partial charge in [-0.25, -0.2) is 9.37 Å². The molecule has 2 heterocycles. The van der Waals surface area contributed by atoms with Crippen molar-refractivity contribution in [2.45, 2.75) is 37.6 Å². The van der Waals surface area contributed by atoms with Gasteiger partial charge in [0.25, 0.3) is 5.91 Å². The number of hydrogen-bond acceptors (Lipinski definition) is 8. The average Bonchev–Trinajstić information content (AvgIpc) is 3.64. The van der Waals surface area contributed by atoms with E-state index in [1.165, 1.54) is 17.4 Å². The number of benzene rings is 3. The van der Waals surface area contributed by atoms with E-state index in [1.54, 1.807) is 5.38 Å². The molecular formula is C37H41F2N5O5S. The Balaban J connectivity index is 1.03. The van der Waals surface area contributed by atoms with Gasteiger partial charge in [-0.15, -0.1) is 11.3 Å². The van der Waals surface area contributed by atoms with Gasteiger partial charge in [0.05, 0.1) is 18.9 Å². The van der Waals surface area contributed by atoms with E-state index in [0.717, 1.165) is 35.2 Å². The van der Waals surface area contributed by atoms with E-state index in [9.17, 15) is 23.2 Å². The number of morpholine rings is 1. The molecule has 5 rings (SSSR count). The Bertz CT molecular complexity index is 1650. The van der Waals surface area contributed by atoms with E-state index in [2.05, 4.69) is 25.8 Å². The van der Waals surface area contributed by atoms with Gasteiger partial charge in [0.15, 0.2) is 23.3 Å². The van der Waals surface area contributed by atoms with Crippen LogP contribution in [0.2, 0.25) is 0 Å². The number of nitrogens with zero attached hydrogens (tertiary/aromatic N) is 2. The van der Waals surface area contributed by atoms with Crippen molar-refractivity contribution >= 4 is 34.7 Å². The number of ether oxygens (including phenoxy) is 2. The summed E-state index contributed by atoms with van der Waals surface area (Å²) in [6, 6.07) is 20.8. The van der Waals surface area contributed by atoms with Gasteiger partial charge < -0.3 is 30.3 Å². The molecular weight excluding hydrogens is 664 g/mol. The maximum absolute atomic E-state index is 14.8. The standard InChI is InChI=1S/C37H41F2N5O5S/c38-29-16-15-28(30-24-50-37(43-30)44-19-21-48-22-20-44)35(33(29)39)49-23-31(46)40-17-9-1-2-10-18-41-36(47)34(42-25-45)32(26-11-5-3-6-12-26)27-13-7-4-8-14-27/h3-8,11-16,24-25,32,34H,1-2,9-10,17-23H2,(H,40,46)(H,41,47)(H,42,45). The number of unbranched alkanes of at least 4 members (excludes halogenated alkanes) is 3. The predicted octanol–water partition coefficient (Wildman–Crippen LogP) is 5.04. The van der Waals surface area contributed by atoms with Crippen LogP contribution in [0.5, 0.6) is 5.75 Å². The first-order valence-corrected chi connectivity index (χ1v) is 17.6. The molecule has 1 saturated heterocycles. The lowest BCUT2D eigenvalue weighted by Gasteiger charge is -2.27. The second-order valence-corrected chi connectivity index (χ2v) is 12.6. The van der Waals surface area contributed by atoms with E-state index >= 15 is 0 Å². The number of thiazole rings is 1. The highest BCUT2D eigenvalue weighted by Gasteiger charge is 2.30. The van der Waals surface area contributed by atoms with E-state index in [1.807, 2.05) is 60.7 Å². The highest BCUT2D eigenvalue weighted by Crippen LogP contribution is 2.36. The molecule has 3 N–H and O–H groups in total. The molecule has 4 aromatic rings. The molecule has 1 aromatic heterocycles. The number of carbonyl (C=O) groups is 3. The van der Waals surface area contributed by atoms with Gasteiger partial charge in [0.2, 0.25) is 18.1 Å². The van der Waals surface area contributed by atoms with E-state index < -0.39 is 30.2 Å². The van der Waals surface area contributed by atoms with Crippen LogP contribution in [0.4, 0.5) is 13.9 Å². The largest absolute Gasteiger partial charge is 0.480 e. The summed E-state index contributed by atoms with van der Waals surface area (Å²) in [4.78, 5) is 43.9. The summed E-state index contributed by atoms with van der Waals surface area (Å²) in [5, 5.41) is 10.9. The Kier molecular flexibility index (Phi) is 13.7. The van der Waals surface area contributed by atoms with Gasteiger partial charge >= 0.3 is 0 Å². The summed E-state index contributed by atoms with van der Waals surface area (Å²) in [5.41, 5.74) is 2.53. The fraction of sp³-hybridized carbons (Fsp3) is 0.351. The molecule has 13 heteroatoms. The zero-order valence-corrected chi connectivity index (χ0v) is 28.4. The van der Waals surface area contributed by atoms with Crippen LogP contribution in [-0.4, -0.2) is 75.2 Å². The molecule has 1 aliphatic heterocycles. The van der Waals surface area contributed by atoms with E-state index in [0.29, 0.717) is 64.3 Å². The lowest BCUT2D eigenvalue weighted by Crippen LogP contribution is -2.48. The molecule has 0 aliphatic carbocycles. The van der Waals surface area contributed by atoms with Gasteiger partial charge in [0.1, 0.15) is 6.04 Å². The number of aromatic nitrogens is 1. The van der Waals surface area contributed by atoms with Crippen LogP contribution in [0.25, 0.3) is 11.3 Å². The summed E-state index contributed by atoms with van der Waals surface area (Å²) >= 11 is 1.39. The number of carbonyl (C=O) groups excluding carboxylic acids is 3. The quantitative estimate of drug-likeness (QED) is 0.0980. The van der Waals surface area contributed by atoms with Crippen molar-refractivity contribution < 1.29 is 32.6 Å². The average molecular weight is 706 g/mol. The number of hydrogen-bond donors (Lipinski definition) is 3. The predicted molar refractivity (Wildman–Crippen MR) is 188 cm³/mol. The van der Waals surface area contributed by atoms with Crippen molar-refractivity contribution in [3.8, 4) is 17.0 Å². The van der Waals surface area contributed by atoms with Crippen molar-refractivity contribution in [1.82, 2.24) is 20.9 Å². The molecule has 1 aliphatic rings. The molecule has 1 atom stereocenters. The summed E-state index contributed by atoms with van der Waals surface area (Å²) in [7, 11) is 0. The van der Waals surface area contributed by atoms with E-state index in [-0.39, 0.29) is 23.1 Å². The molecule has 0 radical (unpaired) electrons. The smallest absolute Gasteiger partial charge is 0.257 e. The summed E-state index contributed by atoms with van der Waals surface area (Å²) in [5.74, 6) is -3.70. The molecule has 50 heavy (non-hydrogen) atoms. The summed E-state index contributed by atoms with van der Waals surface area (Å²) in [6.45, 7) is 2.89. The third kappa shape index (κ3) is 9.85. The molecule has 0 spiro atoms. The SMILES string of the molecule is O=CNC(C(=O)NCCCCCCNC(=O)COc1c(-c2csc(N3CCOCC3)n2)ccc(F)c1F)C(c1ccccc1)c1ccccc1. The summed E-state index contributed by atoms with van der Waals surface area (Å²) < 4.78 is 39.8. The second-order valence-electron chi connectivity index (χ2n) is 11.8. The van der Waals surface area contributed by atoms with Crippen LogP contribution < -0.4 is 25.6 Å². The highest BCUT2D eigenvalue weighted by molar-refractivity contribution is 7.14. The first-order valence-electron chi connectivity index (χ1n) is 16.7. The number of halogens is 2. The van der Waals surface area contributed by atoms with Crippen LogP contribution in [0.15, 0.2) is 78.2 Å². The Morgan fingerprint density at radius 2 is 1.54 bits per heavy atom. The third-order valence-corrected chi connectivity index (χ3v) is 9.25. The minimum atomic E-state index is -1.17. The van der Waals surface area contributed by atoms with Gasteiger partial charge in [-0.05, 0) is 36.1 Å². The topological polar surface area (TPSA) is 122 Å². The summed E-state index contributed by atoms with van der Waals surface area (Å²) in [6.07, 6.45) is 3.54. The van der Waals surface area contributed by atoms with Crippen LogP contribution in [-0.2, 0) is 19.1 Å². The second kappa shape index (κ2) is 18.8. The third-order valence-electron chi connectivity index (χ3n) is 8.35. The molecule has 0 bridgehead atoms. The Hall–Kier alpha value is -4.88. The molecule has 1 unspecified atom stereocenters. The van der Waals surface area contributed by atoms with Crippen LogP contribution in [0, 0.1) is 11.6 Å². The van der Waals surface area contributed by atoms with Crippen molar-refractivity contribution in [2.24, 2.45) is 0 Å². The Morgan fingerprint density at radius 1 is 0.900 bits per heavy atom. The van der Waals surface area contributed by atoms with Gasteiger partial charge in [-0.1, -0.05) is 73.5 Å². The Morgan fingerprint density at radius 3 is 2.18 bits per heavy atom. The normalized spacial score (nSPS) is 13.5. The first-order chi connectivity index (χ1) is 24.5. The molecule has 1 fully saturated rings. The van der Waals surface area contributed by atoms with Gasteiger partial charge in [-0.3, -0.25) is 14.4 Å². The van der Waals surface area contributed by atoms with Crippen molar-refractivity contribution in [3.63, 3.8) is 0 Å². The van der Waals surface area contributed by atoms with Crippen molar-refractivity contribution in [1.29, 1.82) is 0 Å². The zero-order valence-electron chi connectivity index (χ0n) is 27.6. The van der Waals surface area contributed by atoms with Crippen molar-refractivity contribution in [3.05, 3.63) is 101 Å². The van der Waals surface area contributed by atoms with E-state index in [4.69, 9.17) is 9.47 Å². The maximum Gasteiger partial charge on any atom is 0.257 e. The fourth-order valence-corrected chi connectivity index (χ4v) is 6.68. The van der Waals surface area contributed by atoms with Crippen LogP contribution >= 0.6 is 11.3 Å². The number of rotatable bonds is 18. The monoisotopic (exact) mass is 705 g/mol. The lowest BCUT2D eigenvalue weighted by atomic mass is 9.84. The molecule has 3 amide bonds. The van der Waals surface area contributed by atoms with Crippen LogP contribution in [0.1, 0.15) is 42.7 Å². The number of anilines is 1. The van der Waals surface area contributed by atoms with Gasteiger partial charge in [-0.2, -0.15) is 4.39 Å². The molecule has 3 aromatic carbocycles. The highest BCUT2D eigenvalue weighted by atomic mass is 32.1.